The number of anilines is 2. The number of hydrogen-bond donors (Lipinski definition) is 2. The number of carboxylic acid groups (broad SMARTS) is 1. The van der Waals surface area contributed by atoms with Gasteiger partial charge < -0.3 is 20.1 Å². The van der Waals surface area contributed by atoms with E-state index in [1.165, 1.54) is 0 Å². The molecule has 2 N–H and O–H groups in total. The molecule has 0 aromatic heterocycles. The van der Waals surface area contributed by atoms with Crippen LogP contribution in [-0.2, 0) is 4.79 Å². The molecule has 2 unspecified atom stereocenters. The molecule has 0 saturated carbocycles. The van der Waals surface area contributed by atoms with E-state index in [1.807, 2.05) is 51.1 Å². The molecule has 27 heavy (non-hydrogen) atoms. The minimum absolute atomic E-state index is 0.0201. The lowest BCUT2D eigenvalue weighted by atomic mass is 9.89. The second-order valence-electron chi connectivity index (χ2n) is 7.93. The number of benzene rings is 2. The van der Waals surface area contributed by atoms with E-state index in [4.69, 9.17) is 16.3 Å². The minimum Gasteiger partial charge on any atom is -0.484 e. The summed E-state index contributed by atoms with van der Waals surface area (Å²) in [6.07, 6.45) is 0. The number of nitrogens with zero attached hydrogens (tertiary/aromatic N) is 1. The van der Waals surface area contributed by atoms with Gasteiger partial charge in [-0.1, -0.05) is 23.7 Å². The molecule has 0 spiro atoms. The Labute approximate surface area is 163 Å². The molecule has 1 saturated heterocycles. The molecule has 2 aromatic carbocycles. The highest BCUT2D eigenvalue weighted by Gasteiger charge is 2.40. The van der Waals surface area contributed by atoms with Crippen LogP contribution >= 0.6 is 11.6 Å². The van der Waals surface area contributed by atoms with E-state index in [-0.39, 0.29) is 17.6 Å². The van der Waals surface area contributed by atoms with E-state index in [2.05, 4.69) is 16.3 Å². The lowest BCUT2D eigenvalue weighted by Crippen LogP contribution is -2.57. The Morgan fingerprint density at radius 1 is 1.33 bits per heavy atom. The lowest BCUT2D eigenvalue weighted by Gasteiger charge is -2.46. The molecule has 0 amide bonds. The van der Waals surface area contributed by atoms with Gasteiger partial charge in [-0.2, -0.15) is 0 Å². The SMILES string of the molecule is CC1C(C(=O)O)CN1c1cccc(-c2cc(Cl)cc3c2NCC(C)(C)O3)c1. The largest absolute Gasteiger partial charge is 0.484 e. The van der Waals surface area contributed by atoms with Gasteiger partial charge in [-0.05, 0) is 44.5 Å². The summed E-state index contributed by atoms with van der Waals surface area (Å²) in [5.41, 5.74) is 3.67. The predicted octanol–water partition coefficient (Wildman–Crippen LogP) is 4.50. The van der Waals surface area contributed by atoms with E-state index in [0.717, 1.165) is 28.3 Å². The Morgan fingerprint density at radius 2 is 2.11 bits per heavy atom. The Bertz CT molecular complexity index is 912. The van der Waals surface area contributed by atoms with Crippen LogP contribution in [0.5, 0.6) is 5.75 Å². The third-order valence-corrected chi connectivity index (χ3v) is 5.64. The van der Waals surface area contributed by atoms with Crippen molar-refractivity contribution in [2.45, 2.75) is 32.4 Å². The summed E-state index contributed by atoms with van der Waals surface area (Å²) in [7, 11) is 0. The number of ether oxygens (including phenoxy) is 1. The number of halogens is 1. The van der Waals surface area contributed by atoms with Gasteiger partial charge in [0.2, 0.25) is 0 Å². The predicted molar refractivity (Wildman–Crippen MR) is 108 cm³/mol. The number of hydrogen-bond acceptors (Lipinski definition) is 4. The van der Waals surface area contributed by atoms with Gasteiger partial charge in [0.1, 0.15) is 11.4 Å². The van der Waals surface area contributed by atoms with Crippen LogP contribution in [0.4, 0.5) is 11.4 Å². The number of nitrogens with one attached hydrogen (secondary N) is 1. The molecule has 2 aliphatic rings. The standard InChI is InChI=1S/C21H23ClN2O3/c1-12-17(20(25)26)10-24(12)15-6-4-5-13(7-15)16-8-14(22)9-18-19(16)23-11-21(2,3)27-18/h4-9,12,17,23H,10-11H2,1-3H3,(H,25,26). The molecule has 2 aromatic rings. The van der Waals surface area contributed by atoms with Gasteiger partial charge in [0.15, 0.2) is 0 Å². The van der Waals surface area contributed by atoms with Crippen molar-refractivity contribution in [2.24, 2.45) is 5.92 Å². The minimum atomic E-state index is -0.734. The highest BCUT2D eigenvalue weighted by molar-refractivity contribution is 6.31. The molecule has 1 fully saturated rings. The van der Waals surface area contributed by atoms with E-state index >= 15 is 0 Å². The van der Waals surface area contributed by atoms with Crippen LogP contribution in [0.1, 0.15) is 20.8 Å². The van der Waals surface area contributed by atoms with E-state index < -0.39 is 5.97 Å². The summed E-state index contributed by atoms with van der Waals surface area (Å²) < 4.78 is 6.11. The van der Waals surface area contributed by atoms with Crippen LogP contribution < -0.4 is 15.0 Å². The number of aliphatic carboxylic acids is 1. The Balaban J connectivity index is 1.70. The summed E-state index contributed by atoms with van der Waals surface area (Å²) in [6.45, 7) is 7.26. The van der Waals surface area contributed by atoms with Crippen molar-refractivity contribution in [3.63, 3.8) is 0 Å². The van der Waals surface area contributed by atoms with Crippen LogP contribution in [0.3, 0.4) is 0 Å². The molecule has 5 nitrogen and oxygen atoms in total. The van der Waals surface area contributed by atoms with Crippen LogP contribution in [0, 0.1) is 5.92 Å². The first kappa shape index (κ1) is 18.0. The molecule has 2 heterocycles. The second kappa shape index (κ2) is 6.34. The zero-order valence-electron chi connectivity index (χ0n) is 15.6. The third-order valence-electron chi connectivity index (χ3n) is 5.42. The maximum Gasteiger partial charge on any atom is 0.310 e. The maximum absolute atomic E-state index is 11.2. The monoisotopic (exact) mass is 386 g/mol. The van der Waals surface area contributed by atoms with Crippen LogP contribution in [0.25, 0.3) is 11.1 Å². The highest BCUT2D eigenvalue weighted by Crippen LogP contribution is 2.44. The van der Waals surface area contributed by atoms with Crippen molar-refractivity contribution in [1.29, 1.82) is 0 Å². The van der Waals surface area contributed by atoms with Gasteiger partial charge >= 0.3 is 5.97 Å². The van der Waals surface area contributed by atoms with Crippen LogP contribution in [-0.4, -0.2) is 35.8 Å². The molecular formula is C21H23ClN2O3. The number of carboxylic acids is 1. The van der Waals surface area contributed by atoms with Crippen molar-refractivity contribution in [1.82, 2.24) is 0 Å². The summed E-state index contributed by atoms with van der Waals surface area (Å²) in [6, 6.07) is 11.9. The Hall–Kier alpha value is -2.40. The molecule has 6 heteroatoms. The first-order valence-corrected chi connectivity index (χ1v) is 9.49. The zero-order chi connectivity index (χ0) is 19.3. The quantitative estimate of drug-likeness (QED) is 0.813. The molecule has 0 radical (unpaired) electrons. The Kier molecular flexibility index (Phi) is 4.22. The van der Waals surface area contributed by atoms with Gasteiger partial charge in [0, 0.05) is 34.9 Å². The summed E-state index contributed by atoms with van der Waals surface area (Å²) in [4.78, 5) is 13.4. The average Bonchev–Trinajstić information content (AvgIpc) is 2.58. The van der Waals surface area contributed by atoms with E-state index in [1.54, 1.807) is 0 Å². The fourth-order valence-corrected chi connectivity index (χ4v) is 4.00. The number of rotatable bonds is 3. The lowest BCUT2D eigenvalue weighted by molar-refractivity contribution is -0.143. The average molecular weight is 387 g/mol. The summed E-state index contributed by atoms with van der Waals surface area (Å²) in [5, 5.41) is 13.3. The fourth-order valence-electron chi connectivity index (χ4n) is 3.79. The summed E-state index contributed by atoms with van der Waals surface area (Å²) in [5.74, 6) is -0.296. The van der Waals surface area contributed by atoms with Gasteiger partial charge in [0.05, 0.1) is 18.2 Å². The molecule has 142 valence electrons. The van der Waals surface area contributed by atoms with Crippen LogP contribution in [0.2, 0.25) is 5.02 Å². The fraction of sp³-hybridized carbons (Fsp3) is 0.381. The molecule has 4 rings (SSSR count). The first-order chi connectivity index (χ1) is 12.7. The van der Waals surface area contributed by atoms with Crippen LogP contribution in [0.15, 0.2) is 36.4 Å². The highest BCUT2D eigenvalue weighted by atomic mass is 35.5. The maximum atomic E-state index is 11.2. The topological polar surface area (TPSA) is 61.8 Å². The van der Waals surface area contributed by atoms with Gasteiger partial charge in [-0.25, -0.2) is 0 Å². The molecule has 0 aliphatic carbocycles. The normalized spacial score (nSPS) is 22.9. The van der Waals surface area contributed by atoms with E-state index in [9.17, 15) is 9.90 Å². The molecule has 2 aliphatic heterocycles. The Morgan fingerprint density at radius 3 is 2.81 bits per heavy atom. The van der Waals surface area contributed by atoms with Crippen molar-refractivity contribution < 1.29 is 14.6 Å². The summed E-state index contributed by atoms with van der Waals surface area (Å²) >= 11 is 6.36. The van der Waals surface area contributed by atoms with Crippen molar-refractivity contribution in [3.8, 4) is 16.9 Å². The van der Waals surface area contributed by atoms with Crippen molar-refractivity contribution in [3.05, 3.63) is 41.4 Å². The van der Waals surface area contributed by atoms with E-state index in [0.29, 0.717) is 18.1 Å². The molecular weight excluding hydrogens is 364 g/mol. The smallest absolute Gasteiger partial charge is 0.310 e. The van der Waals surface area contributed by atoms with Crippen molar-refractivity contribution >= 4 is 28.9 Å². The van der Waals surface area contributed by atoms with Gasteiger partial charge in [-0.3, -0.25) is 4.79 Å². The number of fused-ring (bicyclic) bond motifs is 1. The third kappa shape index (κ3) is 3.21. The first-order valence-electron chi connectivity index (χ1n) is 9.11. The second-order valence-corrected chi connectivity index (χ2v) is 8.37. The number of carbonyl (C=O) groups is 1. The molecule has 2 atom stereocenters. The van der Waals surface area contributed by atoms with Crippen molar-refractivity contribution in [2.75, 3.05) is 23.3 Å². The van der Waals surface area contributed by atoms with Gasteiger partial charge in [0.25, 0.3) is 0 Å². The zero-order valence-corrected chi connectivity index (χ0v) is 16.4. The van der Waals surface area contributed by atoms with Gasteiger partial charge in [-0.15, -0.1) is 0 Å². The molecule has 0 bridgehead atoms.